The molecule has 0 aliphatic heterocycles. The minimum absolute atomic E-state index is 0.120. The molecule has 1 amide bonds. The number of ether oxygens (including phenoxy) is 2. The highest BCUT2D eigenvalue weighted by atomic mass is 32.2. The first kappa shape index (κ1) is 17.1. The van der Waals surface area contributed by atoms with Crippen molar-refractivity contribution >= 4 is 23.4 Å². The zero-order valence-corrected chi connectivity index (χ0v) is 14.0. The van der Waals surface area contributed by atoms with Gasteiger partial charge in [-0.2, -0.15) is 0 Å². The smallest absolute Gasteiger partial charge is 0.234 e. The van der Waals surface area contributed by atoms with E-state index in [9.17, 15) is 9.18 Å². The third-order valence-corrected chi connectivity index (χ3v) is 4.25. The van der Waals surface area contributed by atoms with Crippen molar-refractivity contribution in [3.63, 3.8) is 0 Å². The van der Waals surface area contributed by atoms with Gasteiger partial charge in [0.2, 0.25) is 5.91 Å². The van der Waals surface area contributed by atoms with E-state index >= 15 is 0 Å². The summed E-state index contributed by atoms with van der Waals surface area (Å²) < 4.78 is 24.0. The summed E-state index contributed by atoms with van der Waals surface area (Å²) in [5, 5.41) is 2.81. The van der Waals surface area contributed by atoms with Crippen LogP contribution in [0.5, 0.6) is 11.5 Å². The van der Waals surface area contributed by atoms with E-state index in [-0.39, 0.29) is 17.5 Å². The van der Waals surface area contributed by atoms with E-state index in [1.165, 1.54) is 13.2 Å². The van der Waals surface area contributed by atoms with Crippen molar-refractivity contribution in [3.8, 4) is 11.5 Å². The van der Waals surface area contributed by atoms with Crippen LogP contribution in [-0.2, 0) is 4.79 Å². The fraction of sp³-hybridized carbons (Fsp3) is 0.235. The normalized spacial score (nSPS) is 10.3. The van der Waals surface area contributed by atoms with Gasteiger partial charge in [0.05, 0.1) is 20.0 Å². The van der Waals surface area contributed by atoms with Crippen molar-refractivity contribution in [2.45, 2.75) is 11.8 Å². The molecule has 0 aromatic heterocycles. The van der Waals surface area contributed by atoms with Gasteiger partial charge in [0.1, 0.15) is 5.82 Å². The molecule has 0 bridgehead atoms. The highest BCUT2D eigenvalue weighted by Gasteiger charge is 2.12. The van der Waals surface area contributed by atoms with Gasteiger partial charge in [0, 0.05) is 16.6 Å². The Morgan fingerprint density at radius 2 is 1.83 bits per heavy atom. The van der Waals surface area contributed by atoms with Gasteiger partial charge in [-0.25, -0.2) is 4.39 Å². The van der Waals surface area contributed by atoms with Crippen molar-refractivity contribution in [3.05, 3.63) is 47.8 Å². The number of methoxy groups -OCH3 is 2. The lowest BCUT2D eigenvalue weighted by molar-refractivity contribution is -0.113. The molecule has 0 aliphatic rings. The molecule has 0 radical (unpaired) electrons. The first-order valence-electron chi connectivity index (χ1n) is 6.95. The maximum atomic E-state index is 13.5. The molecule has 0 unspecified atom stereocenters. The highest BCUT2D eigenvalue weighted by Crippen LogP contribution is 2.33. The molecule has 0 heterocycles. The molecule has 23 heavy (non-hydrogen) atoms. The number of carbonyl (C=O) groups excluding carboxylic acids is 1. The van der Waals surface area contributed by atoms with Gasteiger partial charge in [-0.1, -0.05) is 12.1 Å². The summed E-state index contributed by atoms with van der Waals surface area (Å²) in [6.07, 6.45) is 0. The Labute approximate surface area is 139 Å². The summed E-state index contributed by atoms with van der Waals surface area (Å²) in [6.45, 7) is 1.86. The van der Waals surface area contributed by atoms with E-state index in [4.69, 9.17) is 9.47 Å². The average molecular weight is 335 g/mol. The summed E-state index contributed by atoms with van der Waals surface area (Å²) in [7, 11) is 3.09. The Bertz CT molecular complexity index is 706. The number of rotatable bonds is 6. The number of benzene rings is 2. The van der Waals surface area contributed by atoms with E-state index in [0.717, 1.165) is 17.3 Å². The Kier molecular flexibility index (Phi) is 5.87. The second-order valence-corrected chi connectivity index (χ2v) is 5.81. The van der Waals surface area contributed by atoms with Crippen LogP contribution >= 0.6 is 11.8 Å². The average Bonchev–Trinajstić information content (AvgIpc) is 2.55. The van der Waals surface area contributed by atoms with E-state index in [1.54, 1.807) is 37.4 Å². The predicted molar refractivity (Wildman–Crippen MR) is 90.0 cm³/mol. The second kappa shape index (κ2) is 7.87. The standard InChI is InChI=1S/C17H18FNO3S/c1-11-8-14(21-2)15(22-3)9-13(11)19-17(20)10-23-16-7-5-4-6-12(16)18/h4-9H,10H2,1-3H3,(H,19,20). The minimum Gasteiger partial charge on any atom is -0.493 e. The van der Waals surface area contributed by atoms with E-state index in [0.29, 0.717) is 22.1 Å². The largest absolute Gasteiger partial charge is 0.493 e. The summed E-state index contributed by atoms with van der Waals surface area (Å²) >= 11 is 1.15. The number of hydrogen-bond acceptors (Lipinski definition) is 4. The molecular formula is C17H18FNO3S. The molecule has 2 aromatic rings. The van der Waals surface area contributed by atoms with E-state index in [2.05, 4.69) is 5.32 Å². The molecule has 4 nitrogen and oxygen atoms in total. The first-order chi connectivity index (χ1) is 11.0. The van der Waals surface area contributed by atoms with Crippen LogP contribution in [0.2, 0.25) is 0 Å². The zero-order valence-electron chi connectivity index (χ0n) is 13.2. The molecule has 0 atom stereocenters. The van der Waals surface area contributed by atoms with E-state index < -0.39 is 0 Å². The summed E-state index contributed by atoms with van der Waals surface area (Å²) in [5.41, 5.74) is 1.49. The number of anilines is 1. The second-order valence-electron chi connectivity index (χ2n) is 4.79. The van der Waals surface area contributed by atoms with Crippen molar-refractivity contribution in [1.29, 1.82) is 0 Å². The predicted octanol–water partition coefficient (Wildman–Crippen LogP) is 3.88. The van der Waals surface area contributed by atoms with Gasteiger partial charge >= 0.3 is 0 Å². The summed E-state index contributed by atoms with van der Waals surface area (Å²) in [4.78, 5) is 12.5. The van der Waals surface area contributed by atoms with Crippen molar-refractivity contribution < 1.29 is 18.7 Å². The van der Waals surface area contributed by atoms with Crippen LogP contribution in [-0.4, -0.2) is 25.9 Å². The molecule has 0 fully saturated rings. The van der Waals surface area contributed by atoms with Crippen molar-refractivity contribution in [2.24, 2.45) is 0 Å². The zero-order chi connectivity index (χ0) is 16.8. The molecule has 2 rings (SSSR count). The fourth-order valence-corrected chi connectivity index (χ4v) is 2.75. The van der Waals surface area contributed by atoms with Gasteiger partial charge in [0.15, 0.2) is 11.5 Å². The van der Waals surface area contributed by atoms with Gasteiger partial charge in [0.25, 0.3) is 0 Å². The van der Waals surface area contributed by atoms with Gasteiger partial charge in [-0.05, 0) is 30.7 Å². The number of aryl methyl sites for hydroxylation is 1. The number of thioether (sulfide) groups is 1. The Balaban J connectivity index is 2.04. The summed E-state index contributed by atoms with van der Waals surface area (Å²) in [6, 6.07) is 9.88. The molecule has 122 valence electrons. The lowest BCUT2D eigenvalue weighted by Gasteiger charge is -2.13. The number of hydrogen-bond donors (Lipinski definition) is 1. The van der Waals surface area contributed by atoms with Crippen molar-refractivity contribution in [2.75, 3.05) is 25.3 Å². The Hall–Kier alpha value is -2.21. The fourth-order valence-electron chi connectivity index (χ4n) is 2.01. The van der Waals surface area contributed by atoms with Gasteiger partial charge < -0.3 is 14.8 Å². The molecule has 0 spiro atoms. The maximum absolute atomic E-state index is 13.5. The molecule has 0 saturated heterocycles. The number of halogens is 1. The topological polar surface area (TPSA) is 47.6 Å². The van der Waals surface area contributed by atoms with Crippen LogP contribution in [0.4, 0.5) is 10.1 Å². The molecule has 1 N–H and O–H groups in total. The van der Waals surface area contributed by atoms with Gasteiger partial charge in [-0.15, -0.1) is 11.8 Å². The lowest BCUT2D eigenvalue weighted by atomic mass is 10.1. The van der Waals surface area contributed by atoms with E-state index in [1.807, 2.05) is 6.92 Å². The quantitative estimate of drug-likeness (QED) is 0.814. The first-order valence-corrected chi connectivity index (χ1v) is 7.93. The third-order valence-electron chi connectivity index (χ3n) is 3.20. The molecule has 6 heteroatoms. The van der Waals surface area contributed by atoms with Gasteiger partial charge in [-0.3, -0.25) is 4.79 Å². The lowest BCUT2D eigenvalue weighted by Crippen LogP contribution is -2.15. The van der Waals surface area contributed by atoms with Crippen molar-refractivity contribution in [1.82, 2.24) is 0 Å². The van der Waals surface area contributed by atoms with Crippen LogP contribution in [0.3, 0.4) is 0 Å². The number of carbonyl (C=O) groups is 1. The molecule has 0 saturated carbocycles. The Morgan fingerprint density at radius 1 is 1.17 bits per heavy atom. The van der Waals surface area contributed by atoms with Crippen LogP contribution in [0.25, 0.3) is 0 Å². The number of nitrogens with one attached hydrogen (secondary N) is 1. The van der Waals surface area contributed by atoms with Crippen LogP contribution in [0.1, 0.15) is 5.56 Å². The maximum Gasteiger partial charge on any atom is 0.234 e. The molecular weight excluding hydrogens is 317 g/mol. The monoisotopic (exact) mass is 335 g/mol. The molecule has 0 aliphatic carbocycles. The third kappa shape index (κ3) is 4.39. The Morgan fingerprint density at radius 3 is 2.48 bits per heavy atom. The highest BCUT2D eigenvalue weighted by molar-refractivity contribution is 8.00. The van der Waals surface area contributed by atoms with Crippen LogP contribution < -0.4 is 14.8 Å². The summed E-state index contributed by atoms with van der Waals surface area (Å²) in [5.74, 6) is 0.717. The molecule has 2 aromatic carbocycles. The van der Waals surface area contributed by atoms with Crippen LogP contribution in [0, 0.1) is 12.7 Å². The SMILES string of the molecule is COc1cc(C)c(NC(=O)CSc2ccccc2F)cc1OC. The number of amides is 1. The minimum atomic E-state index is -0.326. The van der Waals surface area contributed by atoms with Crippen LogP contribution in [0.15, 0.2) is 41.3 Å².